The molecule has 0 aromatic heterocycles. The van der Waals surface area contributed by atoms with E-state index in [-0.39, 0.29) is 29.8 Å². The Morgan fingerprint density at radius 2 is 1.73 bits per heavy atom. The molecule has 8 heteroatoms. The predicted octanol–water partition coefficient (Wildman–Crippen LogP) is 2.74. The largest absolute Gasteiger partial charge is 0.444 e. The molecule has 0 bridgehead atoms. The van der Waals surface area contributed by atoms with E-state index in [1.54, 1.807) is 0 Å². The monoisotopic (exact) mass is 425 g/mol. The Bertz CT molecular complexity index is 576. The Hall–Kier alpha value is -1.99. The van der Waals surface area contributed by atoms with E-state index in [9.17, 15) is 9.59 Å². The highest BCUT2D eigenvalue weighted by Crippen LogP contribution is 2.13. The first-order valence-electron chi connectivity index (χ1n) is 11.3. The van der Waals surface area contributed by atoms with Crippen LogP contribution in [0.2, 0.25) is 0 Å². The first-order chi connectivity index (χ1) is 13.9. The van der Waals surface area contributed by atoms with Crippen LogP contribution in [0.5, 0.6) is 0 Å². The molecular formula is C22H43N5O3. The number of nitrogens with zero attached hydrogens (tertiary/aromatic N) is 2. The van der Waals surface area contributed by atoms with Crippen LogP contribution in [0.3, 0.4) is 0 Å². The van der Waals surface area contributed by atoms with E-state index in [2.05, 4.69) is 29.8 Å². The van der Waals surface area contributed by atoms with E-state index in [0.717, 1.165) is 38.4 Å². The molecule has 1 atom stereocenters. The van der Waals surface area contributed by atoms with Crippen molar-refractivity contribution < 1.29 is 14.3 Å². The molecule has 1 saturated heterocycles. The molecule has 0 spiro atoms. The summed E-state index contributed by atoms with van der Waals surface area (Å²) in [5.74, 6) is 1.22. The number of piperidine rings is 1. The molecule has 0 radical (unpaired) electrons. The molecule has 1 aliphatic heterocycles. The molecule has 1 rings (SSSR count). The van der Waals surface area contributed by atoms with Crippen LogP contribution in [0.1, 0.15) is 68.2 Å². The van der Waals surface area contributed by atoms with Gasteiger partial charge in [-0.05, 0) is 46.5 Å². The maximum atomic E-state index is 12.2. The van der Waals surface area contributed by atoms with E-state index < -0.39 is 11.7 Å². The lowest BCUT2D eigenvalue weighted by atomic mass is 10.0. The smallest absolute Gasteiger partial charge is 0.407 e. The Kier molecular flexibility index (Phi) is 10.4. The molecule has 8 nitrogen and oxygen atoms in total. The van der Waals surface area contributed by atoms with Gasteiger partial charge in [-0.3, -0.25) is 9.79 Å². The summed E-state index contributed by atoms with van der Waals surface area (Å²) in [4.78, 5) is 31.0. The quantitative estimate of drug-likeness (QED) is 0.431. The van der Waals surface area contributed by atoms with E-state index >= 15 is 0 Å². The number of hydrogen-bond acceptors (Lipinski definition) is 4. The van der Waals surface area contributed by atoms with Gasteiger partial charge in [0.15, 0.2) is 5.96 Å². The van der Waals surface area contributed by atoms with Gasteiger partial charge in [0.05, 0.1) is 12.6 Å². The molecule has 1 heterocycles. The molecule has 1 unspecified atom stereocenters. The second kappa shape index (κ2) is 12.0. The van der Waals surface area contributed by atoms with Crippen LogP contribution >= 0.6 is 0 Å². The lowest BCUT2D eigenvalue weighted by Crippen LogP contribution is -2.51. The molecule has 3 N–H and O–H groups in total. The first-order valence-corrected chi connectivity index (χ1v) is 11.3. The third-order valence-corrected chi connectivity index (χ3v) is 4.94. The topological polar surface area (TPSA) is 95.1 Å². The van der Waals surface area contributed by atoms with Crippen molar-refractivity contribution in [2.75, 3.05) is 26.2 Å². The Morgan fingerprint density at radius 3 is 2.20 bits per heavy atom. The molecular weight excluding hydrogens is 382 g/mol. The number of aliphatic imine (C=N–C) groups is 1. The minimum atomic E-state index is -0.531. The fourth-order valence-electron chi connectivity index (χ4n) is 3.19. The minimum Gasteiger partial charge on any atom is -0.444 e. The second-order valence-corrected chi connectivity index (χ2v) is 9.61. The standard InChI is InChI=1S/C22H43N5O3/c1-9-23-20(25-17-10-12-27(13-11-17)19(28)16(4)5)24-14-18(15(2)3)26-21(29)30-22(6,7)8/h15-18H,9-14H2,1-8H3,(H,26,29)(H2,23,24,25). The third-order valence-electron chi connectivity index (χ3n) is 4.94. The Labute approximate surface area is 182 Å². The van der Waals surface area contributed by atoms with Crippen LogP contribution in [0.4, 0.5) is 4.79 Å². The van der Waals surface area contributed by atoms with Gasteiger partial charge in [-0.25, -0.2) is 4.79 Å². The van der Waals surface area contributed by atoms with E-state index in [1.165, 1.54) is 0 Å². The summed E-state index contributed by atoms with van der Waals surface area (Å²) in [6, 6.07) is 0.149. The number of hydrogen-bond donors (Lipinski definition) is 3. The number of carbonyl (C=O) groups is 2. The number of guanidine groups is 1. The number of rotatable bonds is 7. The van der Waals surface area contributed by atoms with E-state index in [0.29, 0.717) is 6.54 Å². The molecule has 1 aliphatic rings. The summed E-state index contributed by atoms with van der Waals surface area (Å²) in [5.41, 5.74) is -0.531. The van der Waals surface area contributed by atoms with E-state index in [4.69, 9.17) is 9.73 Å². The van der Waals surface area contributed by atoms with Gasteiger partial charge in [-0.1, -0.05) is 27.7 Å². The molecule has 0 saturated carbocycles. The van der Waals surface area contributed by atoms with Crippen LogP contribution < -0.4 is 16.0 Å². The summed E-state index contributed by atoms with van der Waals surface area (Å²) in [6.45, 7) is 18.3. The van der Waals surface area contributed by atoms with Crippen LogP contribution in [0.15, 0.2) is 4.99 Å². The minimum absolute atomic E-state index is 0.0406. The summed E-state index contributed by atoms with van der Waals surface area (Å²) in [6.07, 6.45) is 1.37. The molecule has 174 valence electrons. The van der Waals surface area contributed by atoms with Gasteiger partial charge in [-0.15, -0.1) is 0 Å². The van der Waals surface area contributed by atoms with Gasteiger partial charge in [0, 0.05) is 31.6 Å². The zero-order valence-corrected chi connectivity index (χ0v) is 20.2. The molecule has 1 fully saturated rings. The number of carbonyl (C=O) groups excluding carboxylic acids is 2. The molecule has 2 amide bonds. The van der Waals surface area contributed by atoms with Crippen molar-refractivity contribution in [2.45, 2.75) is 85.9 Å². The van der Waals surface area contributed by atoms with Crippen molar-refractivity contribution in [3.05, 3.63) is 0 Å². The number of alkyl carbamates (subject to hydrolysis) is 1. The van der Waals surface area contributed by atoms with Crippen molar-refractivity contribution in [3.63, 3.8) is 0 Å². The second-order valence-electron chi connectivity index (χ2n) is 9.61. The number of likely N-dealkylation sites (tertiary alicyclic amines) is 1. The zero-order valence-electron chi connectivity index (χ0n) is 20.2. The average Bonchev–Trinajstić information content (AvgIpc) is 2.63. The predicted molar refractivity (Wildman–Crippen MR) is 122 cm³/mol. The number of amides is 2. The van der Waals surface area contributed by atoms with Gasteiger partial charge >= 0.3 is 6.09 Å². The first kappa shape index (κ1) is 26.0. The fraction of sp³-hybridized carbons (Fsp3) is 0.864. The number of nitrogens with one attached hydrogen (secondary N) is 3. The van der Waals surface area contributed by atoms with Gasteiger partial charge in [-0.2, -0.15) is 0 Å². The van der Waals surface area contributed by atoms with Crippen molar-refractivity contribution in [1.82, 2.24) is 20.9 Å². The van der Waals surface area contributed by atoms with E-state index in [1.807, 2.05) is 46.4 Å². The Morgan fingerprint density at radius 1 is 1.13 bits per heavy atom. The highest BCUT2D eigenvalue weighted by molar-refractivity contribution is 5.80. The average molecular weight is 426 g/mol. The summed E-state index contributed by atoms with van der Waals surface area (Å²) < 4.78 is 5.38. The van der Waals surface area contributed by atoms with Crippen LogP contribution in [0.25, 0.3) is 0 Å². The van der Waals surface area contributed by atoms with Crippen LogP contribution in [0, 0.1) is 11.8 Å². The van der Waals surface area contributed by atoms with Crippen molar-refractivity contribution in [2.24, 2.45) is 16.8 Å². The highest BCUT2D eigenvalue weighted by Gasteiger charge is 2.25. The van der Waals surface area contributed by atoms with Crippen molar-refractivity contribution >= 4 is 18.0 Å². The van der Waals surface area contributed by atoms with Crippen molar-refractivity contribution in [1.29, 1.82) is 0 Å². The fourth-order valence-corrected chi connectivity index (χ4v) is 3.19. The molecule has 0 aliphatic carbocycles. The maximum Gasteiger partial charge on any atom is 0.407 e. The maximum absolute atomic E-state index is 12.2. The lowest BCUT2D eigenvalue weighted by molar-refractivity contribution is -0.135. The van der Waals surface area contributed by atoms with Gasteiger partial charge in [0.2, 0.25) is 5.91 Å². The molecule has 0 aromatic rings. The lowest BCUT2D eigenvalue weighted by Gasteiger charge is -2.34. The number of ether oxygens (including phenoxy) is 1. The SMILES string of the molecule is CCNC(=NCC(NC(=O)OC(C)(C)C)C(C)C)NC1CCN(C(=O)C(C)C)CC1. The summed E-state index contributed by atoms with van der Waals surface area (Å²) in [5, 5.41) is 9.71. The van der Waals surface area contributed by atoms with Gasteiger partial charge in [0.1, 0.15) is 5.60 Å². The van der Waals surface area contributed by atoms with Crippen molar-refractivity contribution in [3.8, 4) is 0 Å². The van der Waals surface area contributed by atoms with Crippen LogP contribution in [-0.4, -0.2) is 66.7 Å². The highest BCUT2D eigenvalue weighted by atomic mass is 16.6. The van der Waals surface area contributed by atoms with Crippen LogP contribution in [-0.2, 0) is 9.53 Å². The molecule has 0 aromatic carbocycles. The summed E-state index contributed by atoms with van der Waals surface area (Å²) in [7, 11) is 0. The van der Waals surface area contributed by atoms with Gasteiger partial charge < -0.3 is 25.6 Å². The normalized spacial score (nSPS) is 17.1. The Balaban J connectivity index is 2.65. The zero-order chi connectivity index (χ0) is 22.9. The molecule has 30 heavy (non-hydrogen) atoms. The van der Waals surface area contributed by atoms with Gasteiger partial charge in [0.25, 0.3) is 0 Å². The third kappa shape index (κ3) is 9.67. The summed E-state index contributed by atoms with van der Waals surface area (Å²) >= 11 is 0.